The molecule has 1 fully saturated rings. The minimum Gasteiger partial charge on any atom is -0.388 e. The lowest BCUT2D eigenvalue weighted by atomic mass is 9.62. The van der Waals surface area contributed by atoms with Crippen molar-refractivity contribution in [2.75, 3.05) is 0 Å². The first-order chi connectivity index (χ1) is 7.71. The molecule has 1 aliphatic rings. The zero-order valence-electron chi connectivity index (χ0n) is 12.3. The number of aliphatic hydroxyl groups is 1. The second-order valence-electron chi connectivity index (χ2n) is 7.01. The van der Waals surface area contributed by atoms with Crippen LogP contribution in [0, 0.1) is 17.8 Å². The van der Waals surface area contributed by atoms with Crippen LogP contribution in [0.25, 0.3) is 0 Å². The van der Waals surface area contributed by atoms with Crippen molar-refractivity contribution in [3.8, 4) is 0 Å². The van der Waals surface area contributed by atoms with Crippen LogP contribution in [0.3, 0.4) is 0 Å². The number of hydrogen-bond acceptors (Lipinski definition) is 2. The normalized spacial score (nSPS) is 34.1. The van der Waals surface area contributed by atoms with Gasteiger partial charge in [0.1, 0.15) is 0 Å². The summed E-state index contributed by atoms with van der Waals surface area (Å²) in [5.41, 5.74) is 5.56. The minimum absolute atomic E-state index is 0.323. The van der Waals surface area contributed by atoms with Crippen LogP contribution in [0.5, 0.6) is 0 Å². The molecule has 1 unspecified atom stereocenters. The molecule has 1 saturated carbocycles. The highest BCUT2D eigenvalue weighted by Gasteiger charge is 2.50. The van der Waals surface area contributed by atoms with Gasteiger partial charge in [0.2, 0.25) is 0 Å². The molecule has 0 spiro atoms. The van der Waals surface area contributed by atoms with Gasteiger partial charge in [-0.25, -0.2) is 0 Å². The summed E-state index contributed by atoms with van der Waals surface area (Å²) in [5.74, 6) is 1.60. The van der Waals surface area contributed by atoms with E-state index >= 15 is 0 Å². The molecule has 0 aromatic carbocycles. The van der Waals surface area contributed by atoms with Crippen molar-refractivity contribution >= 4 is 0 Å². The van der Waals surface area contributed by atoms with Gasteiger partial charge in [-0.1, -0.05) is 34.6 Å². The van der Waals surface area contributed by atoms with E-state index in [0.29, 0.717) is 11.8 Å². The van der Waals surface area contributed by atoms with E-state index in [2.05, 4.69) is 34.6 Å². The quantitative estimate of drug-likeness (QED) is 0.793. The highest BCUT2D eigenvalue weighted by atomic mass is 16.3. The minimum atomic E-state index is -0.655. The third-order valence-electron chi connectivity index (χ3n) is 4.74. The van der Waals surface area contributed by atoms with Gasteiger partial charge in [0.25, 0.3) is 0 Å². The molecule has 17 heavy (non-hydrogen) atoms. The van der Waals surface area contributed by atoms with Crippen molar-refractivity contribution in [3.05, 3.63) is 0 Å². The summed E-state index contributed by atoms with van der Waals surface area (Å²) in [6.45, 7) is 11.0. The van der Waals surface area contributed by atoms with Gasteiger partial charge >= 0.3 is 0 Å². The summed E-state index contributed by atoms with van der Waals surface area (Å²) in [7, 11) is 0. The molecule has 0 aromatic rings. The van der Waals surface area contributed by atoms with Crippen LogP contribution in [-0.4, -0.2) is 16.2 Å². The monoisotopic (exact) mass is 241 g/mol. The molecule has 3 N–H and O–H groups in total. The summed E-state index contributed by atoms with van der Waals surface area (Å²) in [6.07, 6.45) is 4.88. The van der Waals surface area contributed by atoms with Crippen LogP contribution in [0.15, 0.2) is 0 Å². The Bertz CT molecular complexity index is 241. The summed E-state index contributed by atoms with van der Waals surface area (Å²) in [6, 6.07) is 0. The van der Waals surface area contributed by atoms with Gasteiger partial charge in [0, 0.05) is 5.54 Å². The van der Waals surface area contributed by atoms with E-state index in [1.165, 1.54) is 0 Å². The Morgan fingerprint density at radius 2 is 1.71 bits per heavy atom. The average molecular weight is 241 g/mol. The smallest absolute Gasteiger partial charge is 0.0829 e. The van der Waals surface area contributed by atoms with Gasteiger partial charge in [-0.3, -0.25) is 0 Å². The fourth-order valence-corrected chi connectivity index (χ4v) is 3.34. The van der Waals surface area contributed by atoms with Crippen LogP contribution < -0.4 is 5.73 Å². The first-order valence-electron chi connectivity index (χ1n) is 7.22. The molecule has 1 atom stereocenters. The molecule has 0 aromatic heterocycles. The van der Waals surface area contributed by atoms with Crippen LogP contribution in [0.1, 0.15) is 66.7 Å². The maximum atomic E-state index is 11.0. The topological polar surface area (TPSA) is 46.2 Å². The van der Waals surface area contributed by atoms with Crippen molar-refractivity contribution in [2.45, 2.75) is 77.9 Å². The first kappa shape index (κ1) is 15.0. The Kier molecular flexibility index (Phi) is 4.65. The van der Waals surface area contributed by atoms with E-state index in [9.17, 15) is 5.11 Å². The van der Waals surface area contributed by atoms with Gasteiger partial charge in [-0.15, -0.1) is 0 Å². The standard InChI is InChI=1S/C15H31NO/c1-11(2)10-15(16,12(3)4)14(17)8-6-13(5)7-9-14/h11-13,17H,6-10,16H2,1-5H3. The van der Waals surface area contributed by atoms with E-state index in [1.54, 1.807) is 0 Å². The van der Waals surface area contributed by atoms with E-state index < -0.39 is 11.1 Å². The second-order valence-corrected chi connectivity index (χ2v) is 7.01. The van der Waals surface area contributed by atoms with Crippen molar-refractivity contribution in [1.82, 2.24) is 0 Å². The summed E-state index contributed by atoms with van der Waals surface area (Å²) in [5, 5.41) is 11.0. The van der Waals surface area contributed by atoms with Crippen LogP contribution in [0.4, 0.5) is 0 Å². The summed E-state index contributed by atoms with van der Waals surface area (Å²) in [4.78, 5) is 0. The molecule has 2 nitrogen and oxygen atoms in total. The fourth-order valence-electron chi connectivity index (χ4n) is 3.34. The summed E-state index contributed by atoms with van der Waals surface area (Å²) < 4.78 is 0. The number of nitrogens with two attached hydrogens (primary N) is 1. The Morgan fingerprint density at radius 1 is 1.24 bits per heavy atom. The van der Waals surface area contributed by atoms with Crippen molar-refractivity contribution in [2.24, 2.45) is 23.5 Å². The van der Waals surface area contributed by atoms with E-state index in [4.69, 9.17) is 5.73 Å². The van der Waals surface area contributed by atoms with Crippen molar-refractivity contribution in [3.63, 3.8) is 0 Å². The van der Waals surface area contributed by atoms with Crippen molar-refractivity contribution in [1.29, 1.82) is 0 Å². The third-order valence-corrected chi connectivity index (χ3v) is 4.74. The van der Waals surface area contributed by atoms with E-state index in [-0.39, 0.29) is 0 Å². The molecular weight excluding hydrogens is 210 g/mol. The highest BCUT2D eigenvalue weighted by Crippen LogP contribution is 2.43. The molecule has 0 aliphatic heterocycles. The molecule has 2 heteroatoms. The molecule has 0 bridgehead atoms. The van der Waals surface area contributed by atoms with Crippen LogP contribution >= 0.6 is 0 Å². The van der Waals surface area contributed by atoms with E-state index in [0.717, 1.165) is 38.0 Å². The van der Waals surface area contributed by atoms with Crippen molar-refractivity contribution < 1.29 is 5.11 Å². The second kappa shape index (κ2) is 5.27. The Labute approximate surface area is 107 Å². The zero-order valence-corrected chi connectivity index (χ0v) is 12.3. The Balaban J connectivity index is 2.89. The molecule has 102 valence electrons. The first-order valence-corrected chi connectivity index (χ1v) is 7.22. The molecule has 0 radical (unpaired) electrons. The number of rotatable bonds is 4. The molecule has 0 heterocycles. The predicted octanol–water partition coefficient (Wildman–Crippen LogP) is 3.33. The van der Waals surface area contributed by atoms with Gasteiger partial charge < -0.3 is 10.8 Å². The number of hydrogen-bond donors (Lipinski definition) is 2. The molecule has 0 amide bonds. The highest BCUT2D eigenvalue weighted by molar-refractivity contribution is 5.07. The maximum Gasteiger partial charge on any atom is 0.0829 e. The molecule has 1 aliphatic carbocycles. The fraction of sp³-hybridized carbons (Fsp3) is 1.00. The SMILES string of the molecule is CC(C)CC(N)(C(C)C)C1(O)CCC(C)CC1. The average Bonchev–Trinajstić information content (AvgIpc) is 2.21. The Morgan fingerprint density at radius 3 is 2.06 bits per heavy atom. The van der Waals surface area contributed by atoms with Gasteiger partial charge in [0.05, 0.1) is 5.60 Å². The van der Waals surface area contributed by atoms with Gasteiger partial charge in [-0.05, 0) is 49.9 Å². The lowest BCUT2D eigenvalue weighted by Crippen LogP contribution is -2.65. The molecular formula is C15H31NO. The maximum absolute atomic E-state index is 11.0. The summed E-state index contributed by atoms with van der Waals surface area (Å²) >= 11 is 0. The Hall–Kier alpha value is -0.0800. The van der Waals surface area contributed by atoms with Gasteiger partial charge in [-0.2, -0.15) is 0 Å². The third kappa shape index (κ3) is 3.03. The lowest BCUT2D eigenvalue weighted by Gasteiger charge is -2.51. The van der Waals surface area contributed by atoms with Crippen LogP contribution in [-0.2, 0) is 0 Å². The largest absolute Gasteiger partial charge is 0.388 e. The van der Waals surface area contributed by atoms with Gasteiger partial charge in [0.15, 0.2) is 0 Å². The van der Waals surface area contributed by atoms with E-state index in [1.807, 2.05) is 0 Å². The lowest BCUT2D eigenvalue weighted by molar-refractivity contribution is -0.0962. The predicted molar refractivity (Wildman–Crippen MR) is 73.8 cm³/mol. The molecule has 0 saturated heterocycles. The molecule has 1 rings (SSSR count). The zero-order chi connectivity index (χ0) is 13.3. The van der Waals surface area contributed by atoms with Crippen LogP contribution in [0.2, 0.25) is 0 Å².